The summed E-state index contributed by atoms with van der Waals surface area (Å²) in [5, 5.41) is 6.32. The number of nitrogens with zero attached hydrogens (tertiary/aromatic N) is 2. The molecule has 0 fully saturated rings. The molecule has 0 aliphatic rings. The fraction of sp³-hybridized carbons (Fsp3) is 0.538. The van der Waals surface area contributed by atoms with Crippen LogP contribution in [0.25, 0.3) is 0 Å². The topological polar surface area (TPSA) is 178 Å². The Kier molecular flexibility index (Phi) is 5.61. The van der Waals surface area contributed by atoms with Crippen molar-refractivity contribution < 1.29 is 23.9 Å². The number of amides is 3. The second-order valence-electron chi connectivity index (χ2n) is 6.14. The molecule has 7 N–H and O–H groups in total. The number of ether oxygens (including phenoxy) is 2. The summed E-state index contributed by atoms with van der Waals surface area (Å²) in [5.74, 6) is -0.612. The zero-order valence-electron chi connectivity index (χ0n) is 13.9. The van der Waals surface area contributed by atoms with Gasteiger partial charge in [-0.05, 0) is 0 Å². The number of nitrogen functional groups attached to an aromatic ring is 1. The summed E-state index contributed by atoms with van der Waals surface area (Å²) in [6.07, 6.45) is -3.73. The molecular formula is C13H22N6O5. The molecule has 1 heterocycles. The normalized spacial score (nSPS) is 13.7. The van der Waals surface area contributed by atoms with Crippen LogP contribution in [0.4, 0.5) is 21.1 Å². The van der Waals surface area contributed by atoms with Gasteiger partial charge in [-0.3, -0.25) is 9.48 Å². The number of aromatic nitrogens is 2. The Hall–Kier alpha value is -2.98. The van der Waals surface area contributed by atoms with Crippen LogP contribution in [0.3, 0.4) is 0 Å². The molecule has 0 aliphatic carbocycles. The SMILES string of the molecule is Cn1ncc(NC(=O)[C@@H](OC(N)=O)C(OC(N)=O)C(C)(C)C)c1N. The lowest BCUT2D eigenvalue weighted by Gasteiger charge is -2.34. The first kappa shape index (κ1) is 19.1. The molecule has 11 heteroatoms. The molecular weight excluding hydrogens is 320 g/mol. The number of nitrogens with one attached hydrogen (secondary N) is 1. The minimum Gasteiger partial charge on any atom is -0.441 e. The van der Waals surface area contributed by atoms with Crippen molar-refractivity contribution in [3.63, 3.8) is 0 Å². The number of rotatable bonds is 5. The maximum Gasteiger partial charge on any atom is 0.405 e. The average molecular weight is 342 g/mol. The van der Waals surface area contributed by atoms with Crippen LogP contribution in [0.15, 0.2) is 6.20 Å². The third-order valence-electron chi connectivity index (χ3n) is 3.12. The summed E-state index contributed by atoms with van der Waals surface area (Å²) >= 11 is 0. The summed E-state index contributed by atoms with van der Waals surface area (Å²) in [6, 6.07) is 0. The van der Waals surface area contributed by atoms with E-state index in [2.05, 4.69) is 10.4 Å². The molecule has 134 valence electrons. The summed E-state index contributed by atoms with van der Waals surface area (Å²) in [7, 11) is 1.58. The second-order valence-corrected chi connectivity index (χ2v) is 6.14. The van der Waals surface area contributed by atoms with Gasteiger partial charge < -0.3 is 32.0 Å². The van der Waals surface area contributed by atoms with Crippen LogP contribution in [-0.2, 0) is 21.3 Å². The van der Waals surface area contributed by atoms with Crippen molar-refractivity contribution in [3.8, 4) is 0 Å². The van der Waals surface area contributed by atoms with Crippen LogP contribution in [0.1, 0.15) is 20.8 Å². The van der Waals surface area contributed by atoms with Crippen molar-refractivity contribution in [1.82, 2.24) is 9.78 Å². The van der Waals surface area contributed by atoms with E-state index < -0.39 is 35.7 Å². The molecule has 11 nitrogen and oxygen atoms in total. The lowest BCUT2D eigenvalue weighted by molar-refractivity contribution is -0.134. The summed E-state index contributed by atoms with van der Waals surface area (Å²) in [6.45, 7) is 5.01. The minimum atomic E-state index is -1.53. The molecule has 0 saturated carbocycles. The third-order valence-corrected chi connectivity index (χ3v) is 3.12. The first-order valence-corrected chi connectivity index (χ1v) is 6.94. The number of hydrogen-bond donors (Lipinski definition) is 4. The van der Waals surface area contributed by atoms with Crippen molar-refractivity contribution >= 4 is 29.6 Å². The van der Waals surface area contributed by atoms with Gasteiger partial charge in [0, 0.05) is 12.5 Å². The highest BCUT2D eigenvalue weighted by atomic mass is 16.6. The summed E-state index contributed by atoms with van der Waals surface area (Å²) in [4.78, 5) is 34.8. The number of aryl methyl sites for hydroxylation is 1. The molecule has 0 radical (unpaired) electrons. The highest BCUT2D eigenvalue weighted by Crippen LogP contribution is 2.28. The third kappa shape index (κ3) is 4.76. The van der Waals surface area contributed by atoms with Gasteiger partial charge >= 0.3 is 12.2 Å². The fourth-order valence-electron chi connectivity index (χ4n) is 1.94. The van der Waals surface area contributed by atoms with Crippen LogP contribution in [-0.4, -0.2) is 40.1 Å². The summed E-state index contributed by atoms with van der Waals surface area (Å²) < 4.78 is 11.1. The summed E-state index contributed by atoms with van der Waals surface area (Å²) in [5.41, 5.74) is 15.2. The predicted octanol–water partition coefficient (Wildman–Crippen LogP) is -0.0853. The maximum absolute atomic E-state index is 12.5. The Balaban J connectivity index is 3.13. The molecule has 1 aromatic rings. The Morgan fingerprint density at radius 2 is 1.75 bits per heavy atom. The van der Waals surface area contributed by atoms with Gasteiger partial charge in [-0.25, -0.2) is 9.59 Å². The van der Waals surface area contributed by atoms with E-state index in [9.17, 15) is 14.4 Å². The van der Waals surface area contributed by atoms with Crippen molar-refractivity contribution in [3.05, 3.63) is 6.20 Å². The Labute approximate surface area is 138 Å². The standard InChI is InChI=1S/C13H22N6O5/c1-13(2,3)8(24-12(16)22)7(23-11(15)21)10(20)18-6-5-17-19(4)9(6)14/h5,7-8H,14H2,1-4H3,(H2,15,21)(H2,16,22)(H,18,20)/t7-,8?/m0/s1. The molecule has 2 atom stereocenters. The van der Waals surface area contributed by atoms with Crippen LogP contribution < -0.4 is 22.5 Å². The van der Waals surface area contributed by atoms with Crippen LogP contribution in [0.5, 0.6) is 0 Å². The fourth-order valence-corrected chi connectivity index (χ4v) is 1.94. The number of carbonyl (C=O) groups excluding carboxylic acids is 3. The molecule has 1 unspecified atom stereocenters. The number of carbonyl (C=O) groups is 3. The molecule has 24 heavy (non-hydrogen) atoms. The maximum atomic E-state index is 12.5. The lowest BCUT2D eigenvalue weighted by atomic mass is 9.85. The Morgan fingerprint density at radius 1 is 1.21 bits per heavy atom. The number of nitrogens with two attached hydrogens (primary N) is 3. The van der Waals surface area contributed by atoms with E-state index in [0.29, 0.717) is 0 Å². The second kappa shape index (κ2) is 7.06. The molecule has 1 aromatic heterocycles. The van der Waals surface area contributed by atoms with Crippen molar-refractivity contribution in [1.29, 1.82) is 0 Å². The molecule has 0 bridgehead atoms. The van der Waals surface area contributed by atoms with E-state index in [-0.39, 0.29) is 11.5 Å². The number of anilines is 2. The first-order valence-electron chi connectivity index (χ1n) is 6.94. The van der Waals surface area contributed by atoms with Gasteiger partial charge in [0.25, 0.3) is 5.91 Å². The van der Waals surface area contributed by atoms with Gasteiger partial charge in [0.05, 0.1) is 6.20 Å². The van der Waals surface area contributed by atoms with E-state index in [1.54, 1.807) is 27.8 Å². The monoisotopic (exact) mass is 342 g/mol. The first-order chi connectivity index (χ1) is 10.9. The van der Waals surface area contributed by atoms with E-state index in [1.807, 2.05) is 0 Å². The van der Waals surface area contributed by atoms with Gasteiger partial charge in [-0.15, -0.1) is 0 Å². The van der Waals surface area contributed by atoms with E-state index in [4.69, 9.17) is 26.7 Å². The predicted molar refractivity (Wildman–Crippen MR) is 84.6 cm³/mol. The highest BCUT2D eigenvalue weighted by Gasteiger charge is 2.42. The van der Waals surface area contributed by atoms with Crippen LogP contribution in [0, 0.1) is 5.41 Å². The highest BCUT2D eigenvalue weighted by molar-refractivity contribution is 5.97. The van der Waals surface area contributed by atoms with Gasteiger partial charge in [0.15, 0.2) is 6.10 Å². The largest absolute Gasteiger partial charge is 0.441 e. The number of hydrogen-bond acceptors (Lipinski definition) is 7. The minimum absolute atomic E-state index is 0.185. The average Bonchev–Trinajstić information content (AvgIpc) is 2.73. The number of primary amides is 2. The quantitative estimate of drug-likeness (QED) is 0.577. The molecule has 0 spiro atoms. The van der Waals surface area contributed by atoms with E-state index >= 15 is 0 Å². The molecule has 1 rings (SSSR count). The molecule has 0 aliphatic heterocycles. The van der Waals surface area contributed by atoms with E-state index in [1.165, 1.54) is 10.9 Å². The van der Waals surface area contributed by atoms with Gasteiger partial charge in [-0.2, -0.15) is 5.10 Å². The molecule has 0 saturated heterocycles. The molecule has 3 amide bonds. The van der Waals surface area contributed by atoms with Crippen molar-refractivity contribution in [2.24, 2.45) is 23.9 Å². The Morgan fingerprint density at radius 3 is 2.12 bits per heavy atom. The van der Waals surface area contributed by atoms with Crippen molar-refractivity contribution in [2.75, 3.05) is 11.1 Å². The molecule has 0 aromatic carbocycles. The zero-order chi connectivity index (χ0) is 18.7. The van der Waals surface area contributed by atoms with Crippen LogP contribution in [0.2, 0.25) is 0 Å². The van der Waals surface area contributed by atoms with E-state index in [0.717, 1.165) is 0 Å². The zero-order valence-corrected chi connectivity index (χ0v) is 13.9. The van der Waals surface area contributed by atoms with Crippen LogP contribution >= 0.6 is 0 Å². The Bertz CT molecular complexity index is 635. The van der Waals surface area contributed by atoms with Gasteiger partial charge in [0.2, 0.25) is 6.10 Å². The lowest BCUT2D eigenvalue weighted by Crippen LogP contribution is -2.51. The van der Waals surface area contributed by atoms with Crippen molar-refractivity contribution in [2.45, 2.75) is 33.0 Å². The van der Waals surface area contributed by atoms with Gasteiger partial charge in [-0.1, -0.05) is 20.8 Å². The van der Waals surface area contributed by atoms with Gasteiger partial charge in [0.1, 0.15) is 11.5 Å². The smallest absolute Gasteiger partial charge is 0.405 e.